The molecule has 1 unspecified atom stereocenters. The molecule has 2 aromatic rings. The van der Waals surface area contributed by atoms with Crippen molar-refractivity contribution < 1.29 is 18.8 Å². The number of hydrogen-bond acceptors (Lipinski definition) is 7. The predicted octanol–water partition coefficient (Wildman–Crippen LogP) is 3.59. The van der Waals surface area contributed by atoms with Crippen LogP contribution in [0.3, 0.4) is 0 Å². The Bertz CT molecular complexity index is 959. The van der Waals surface area contributed by atoms with Gasteiger partial charge in [0.2, 0.25) is 5.91 Å². The van der Waals surface area contributed by atoms with Crippen LogP contribution in [0.4, 0.5) is 11.4 Å². The zero-order valence-electron chi connectivity index (χ0n) is 19.0. The van der Waals surface area contributed by atoms with Gasteiger partial charge in [-0.15, -0.1) is 0 Å². The van der Waals surface area contributed by atoms with Crippen LogP contribution in [0.15, 0.2) is 22.7 Å². The second-order valence-electron chi connectivity index (χ2n) is 8.76. The van der Waals surface area contributed by atoms with Gasteiger partial charge in [0.05, 0.1) is 23.2 Å². The molecule has 4 rings (SSSR count). The molecule has 1 aliphatic carbocycles. The van der Waals surface area contributed by atoms with Gasteiger partial charge >= 0.3 is 0 Å². The first-order valence-corrected chi connectivity index (χ1v) is 11.4. The molecule has 1 aromatic heterocycles. The summed E-state index contributed by atoms with van der Waals surface area (Å²) in [5, 5.41) is 13.7. The number of nitrogens with one attached hydrogen (secondary N) is 3. The van der Waals surface area contributed by atoms with Crippen LogP contribution < -0.4 is 16.0 Å². The topological polar surface area (TPSA) is 105 Å². The Morgan fingerprint density at radius 2 is 1.97 bits per heavy atom. The van der Waals surface area contributed by atoms with Gasteiger partial charge in [0.1, 0.15) is 11.8 Å². The third-order valence-corrected chi connectivity index (χ3v) is 6.50. The molecule has 8 heteroatoms. The van der Waals surface area contributed by atoms with Crippen molar-refractivity contribution in [3.63, 3.8) is 0 Å². The number of benzene rings is 1. The van der Waals surface area contributed by atoms with Crippen molar-refractivity contribution in [3.8, 4) is 11.1 Å². The van der Waals surface area contributed by atoms with Gasteiger partial charge in [-0.3, -0.25) is 14.9 Å². The van der Waals surface area contributed by atoms with E-state index >= 15 is 0 Å². The minimum atomic E-state index is -0.809. The lowest BCUT2D eigenvalue weighted by Gasteiger charge is -2.30. The van der Waals surface area contributed by atoms with Crippen LogP contribution in [0.25, 0.3) is 11.1 Å². The molecule has 172 valence electrons. The Hall–Kier alpha value is -2.71. The molecule has 2 heterocycles. The maximum atomic E-state index is 13.0. The van der Waals surface area contributed by atoms with Crippen LogP contribution in [0.5, 0.6) is 0 Å². The van der Waals surface area contributed by atoms with Gasteiger partial charge in [-0.1, -0.05) is 11.2 Å². The zero-order valence-corrected chi connectivity index (χ0v) is 19.0. The van der Waals surface area contributed by atoms with Gasteiger partial charge in [0.15, 0.2) is 5.78 Å². The van der Waals surface area contributed by atoms with Crippen molar-refractivity contribution in [2.24, 2.45) is 0 Å². The van der Waals surface area contributed by atoms with Crippen molar-refractivity contribution in [2.75, 3.05) is 24.3 Å². The van der Waals surface area contributed by atoms with E-state index in [1.54, 1.807) is 7.11 Å². The number of amides is 1. The molecule has 0 spiro atoms. The number of aryl methyl sites for hydroxylation is 2. The summed E-state index contributed by atoms with van der Waals surface area (Å²) in [6, 6.07) is 5.42. The molecule has 1 saturated heterocycles. The van der Waals surface area contributed by atoms with Gasteiger partial charge in [-0.05, 0) is 70.2 Å². The number of rotatable bonds is 6. The smallest absolute Gasteiger partial charge is 0.249 e. The maximum absolute atomic E-state index is 13.0. The second kappa shape index (κ2) is 9.83. The lowest BCUT2D eigenvalue weighted by atomic mass is 9.92. The third kappa shape index (κ3) is 4.86. The molecule has 0 radical (unpaired) electrons. The van der Waals surface area contributed by atoms with Crippen LogP contribution >= 0.6 is 0 Å². The highest BCUT2D eigenvalue weighted by molar-refractivity contribution is 6.12. The van der Waals surface area contributed by atoms with Gasteiger partial charge in [-0.2, -0.15) is 0 Å². The van der Waals surface area contributed by atoms with E-state index in [2.05, 4.69) is 21.1 Å². The van der Waals surface area contributed by atoms with E-state index in [9.17, 15) is 9.59 Å². The first kappa shape index (κ1) is 22.5. The number of anilines is 2. The fourth-order valence-corrected chi connectivity index (χ4v) is 4.70. The maximum Gasteiger partial charge on any atom is 0.249 e. The minimum Gasteiger partial charge on any atom is -0.381 e. The van der Waals surface area contributed by atoms with Gasteiger partial charge in [0.25, 0.3) is 0 Å². The molecule has 8 nitrogen and oxygen atoms in total. The number of methoxy groups -OCH3 is 1. The quantitative estimate of drug-likeness (QED) is 0.590. The molecule has 1 aromatic carbocycles. The molecule has 1 saturated carbocycles. The lowest BCUT2D eigenvalue weighted by Crippen LogP contribution is -2.49. The first-order chi connectivity index (χ1) is 15.5. The Morgan fingerprint density at radius 3 is 2.62 bits per heavy atom. The molecule has 1 amide bonds. The summed E-state index contributed by atoms with van der Waals surface area (Å²) in [6.45, 7) is 4.44. The number of Topliss-reactive ketones (excluding diaryl/α,β-unsaturated/α-hetero) is 1. The molecule has 1 aliphatic heterocycles. The van der Waals surface area contributed by atoms with E-state index in [0.717, 1.165) is 60.4 Å². The van der Waals surface area contributed by atoms with E-state index in [0.29, 0.717) is 30.8 Å². The second-order valence-corrected chi connectivity index (χ2v) is 8.76. The number of hydrogen-bond donors (Lipinski definition) is 3. The van der Waals surface area contributed by atoms with E-state index in [4.69, 9.17) is 9.26 Å². The summed E-state index contributed by atoms with van der Waals surface area (Å²) >= 11 is 0. The monoisotopic (exact) mass is 440 g/mol. The van der Waals surface area contributed by atoms with Crippen molar-refractivity contribution >= 4 is 23.1 Å². The number of carbonyl (C=O) groups excluding carboxylic acids is 2. The first-order valence-electron chi connectivity index (χ1n) is 11.4. The molecule has 1 atom stereocenters. The molecular weight excluding hydrogens is 408 g/mol. The summed E-state index contributed by atoms with van der Waals surface area (Å²) in [5.74, 6) is 0.335. The Kier molecular flexibility index (Phi) is 6.91. The molecule has 32 heavy (non-hydrogen) atoms. The van der Waals surface area contributed by atoms with E-state index < -0.39 is 6.04 Å². The highest BCUT2D eigenvalue weighted by atomic mass is 16.5. The van der Waals surface area contributed by atoms with Crippen molar-refractivity contribution in [3.05, 3.63) is 29.7 Å². The van der Waals surface area contributed by atoms with Crippen molar-refractivity contribution in [1.29, 1.82) is 0 Å². The van der Waals surface area contributed by atoms with Crippen LogP contribution in [-0.4, -0.2) is 48.7 Å². The lowest BCUT2D eigenvalue weighted by molar-refractivity contribution is -0.129. The average molecular weight is 441 g/mol. The minimum absolute atomic E-state index is 0.0666. The number of aromatic nitrogens is 1. The number of ketones is 1. The molecule has 3 N–H and O–H groups in total. The van der Waals surface area contributed by atoms with E-state index in [1.165, 1.54) is 0 Å². The summed E-state index contributed by atoms with van der Waals surface area (Å²) in [6.07, 6.45) is 5.53. The van der Waals surface area contributed by atoms with Crippen LogP contribution in [0, 0.1) is 13.8 Å². The largest absolute Gasteiger partial charge is 0.381 e. The number of carbonyl (C=O) groups is 2. The van der Waals surface area contributed by atoms with Crippen LogP contribution in [0.2, 0.25) is 0 Å². The van der Waals surface area contributed by atoms with Gasteiger partial charge in [0, 0.05) is 25.1 Å². The zero-order chi connectivity index (χ0) is 22.7. The Labute approximate surface area is 188 Å². The average Bonchev–Trinajstić information content (AvgIpc) is 3.13. The van der Waals surface area contributed by atoms with Crippen molar-refractivity contribution in [1.82, 2.24) is 10.5 Å². The standard InChI is InChI=1S/C24H32N4O4/c1-14-22(15(2)32-28-14)16-6-11-19(26-17-7-9-18(31-3)10-8-17)20(13-16)27-24(30)23-21(29)5-4-12-25-23/h6,11,13,17-18,23,25-26H,4-5,7-10,12H2,1-3H3,(H,27,30). The molecular formula is C24H32N4O4. The number of ether oxygens (including phenoxy) is 1. The van der Waals surface area contributed by atoms with E-state index in [-0.39, 0.29) is 11.7 Å². The van der Waals surface area contributed by atoms with Crippen molar-refractivity contribution in [2.45, 2.75) is 70.6 Å². The summed E-state index contributed by atoms with van der Waals surface area (Å²) in [4.78, 5) is 25.2. The fraction of sp³-hybridized carbons (Fsp3) is 0.542. The van der Waals surface area contributed by atoms with Crippen LogP contribution in [-0.2, 0) is 14.3 Å². The highest BCUT2D eigenvalue weighted by Crippen LogP contribution is 2.34. The normalized spacial score (nSPS) is 23.7. The summed E-state index contributed by atoms with van der Waals surface area (Å²) in [5.41, 5.74) is 4.12. The summed E-state index contributed by atoms with van der Waals surface area (Å²) < 4.78 is 10.8. The highest BCUT2D eigenvalue weighted by Gasteiger charge is 2.29. The number of nitrogens with zero attached hydrogens (tertiary/aromatic N) is 1. The fourth-order valence-electron chi connectivity index (χ4n) is 4.70. The van der Waals surface area contributed by atoms with E-state index in [1.807, 2.05) is 32.0 Å². The Balaban J connectivity index is 1.60. The van der Waals surface area contributed by atoms with Gasteiger partial charge in [-0.25, -0.2) is 0 Å². The molecule has 2 aliphatic rings. The third-order valence-electron chi connectivity index (χ3n) is 6.50. The van der Waals surface area contributed by atoms with Gasteiger partial charge < -0.3 is 19.9 Å². The number of piperidine rings is 1. The Morgan fingerprint density at radius 1 is 1.19 bits per heavy atom. The predicted molar refractivity (Wildman–Crippen MR) is 123 cm³/mol. The molecule has 2 fully saturated rings. The molecule has 0 bridgehead atoms. The SMILES string of the molecule is COC1CCC(Nc2ccc(-c3c(C)noc3C)cc2NC(=O)C2NCCCC2=O)CC1. The van der Waals surface area contributed by atoms with Crippen LogP contribution in [0.1, 0.15) is 50.0 Å². The summed E-state index contributed by atoms with van der Waals surface area (Å²) in [7, 11) is 1.76.